The number of amides is 1. The van der Waals surface area contributed by atoms with Gasteiger partial charge in [-0.05, 0) is 26.0 Å². The van der Waals surface area contributed by atoms with Gasteiger partial charge in [0.15, 0.2) is 10.8 Å². The summed E-state index contributed by atoms with van der Waals surface area (Å²) in [6.45, 7) is 3.86. The summed E-state index contributed by atoms with van der Waals surface area (Å²) < 4.78 is 0. The monoisotopic (exact) mass is 213 g/mol. The van der Waals surface area contributed by atoms with Crippen LogP contribution in [0.3, 0.4) is 0 Å². The molecule has 0 unspecified atom stereocenters. The minimum Gasteiger partial charge on any atom is -0.338 e. The number of hydrogen-bond acceptors (Lipinski definition) is 3. The first-order chi connectivity index (χ1) is 6.52. The summed E-state index contributed by atoms with van der Waals surface area (Å²) in [5.74, 6) is -0.149. The van der Waals surface area contributed by atoms with Crippen LogP contribution in [-0.4, -0.2) is 34.1 Å². The first-order valence-corrected chi connectivity index (χ1v) is 4.66. The van der Waals surface area contributed by atoms with Crippen molar-refractivity contribution in [2.24, 2.45) is 0 Å². The molecule has 0 bridgehead atoms. The van der Waals surface area contributed by atoms with Gasteiger partial charge in [0.25, 0.3) is 5.91 Å². The number of rotatable bonds is 2. The maximum Gasteiger partial charge on any atom is 0.274 e. The molecule has 0 aliphatic rings. The molecule has 0 saturated carbocycles. The minimum atomic E-state index is -0.149. The first kappa shape index (κ1) is 10.9. The Labute approximate surface area is 87.9 Å². The van der Waals surface area contributed by atoms with Crippen LogP contribution in [0.5, 0.6) is 0 Å². The van der Waals surface area contributed by atoms with Crippen LogP contribution in [0.2, 0.25) is 5.15 Å². The lowest BCUT2D eigenvalue weighted by atomic mass is 10.3. The maximum atomic E-state index is 11.7. The zero-order chi connectivity index (χ0) is 10.7. The normalized spacial score (nSPS) is 10.4. The predicted molar refractivity (Wildman–Crippen MR) is 54.3 cm³/mol. The Morgan fingerprint density at radius 2 is 2.07 bits per heavy atom. The topological polar surface area (TPSA) is 46.1 Å². The summed E-state index contributed by atoms with van der Waals surface area (Å²) in [4.78, 5) is 13.3. The molecule has 0 spiro atoms. The average Bonchev–Trinajstić information content (AvgIpc) is 2.16. The van der Waals surface area contributed by atoms with Crippen molar-refractivity contribution < 1.29 is 4.79 Å². The molecule has 0 saturated heterocycles. The second-order valence-electron chi connectivity index (χ2n) is 3.25. The second-order valence-corrected chi connectivity index (χ2v) is 3.64. The van der Waals surface area contributed by atoms with Crippen LogP contribution >= 0.6 is 11.6 Å². The van der Waals surface area contributed by atoms with Gasteiger partial charge in [0, 0.05) is 13.1 Å². The molecule has 0 N–H and O–H groups in total. The van der Waals surface area contributed by atoms with E-state index in [1.165, 1.54) is 0 Å². The molecular formula is C9H12ClN3O. The molecule has 0 aliphatic carbocycles. The number of carbonyl (C=O) groups excluding carboxylic acids is 1. The van der Waals surface area contributed by atoms with E-state index in [0.29, 0.717) is 5.69 Å². The quantitative estimate of drug-likeness (QED) is 0.750. The lowest BCUT2D eigenvalue weighted by Crippen LogP contribution is -2.33. The van der Waals surface area contributed by atoms with Crippen molar-refractivity contribution >= 4 is 17.5 Å². The van der Waals surface area contributed by atoms with Gasteiger partial charge in [-0.25, -0.2) is 0 Å². The van der Waals surface area contributed by atoms with Crippen molar-refractivity contribution in [1.82, 2.24) is 15.1 Å². The fourth-order valence-electron chi connectivity index (χ4n) is 0.845. The summed E-state index contributed by atoms with van der Waals surface area (Å²) in [5, 5.41) is 7.60. The Balaban J connectivity index is 2.84. The SMILES string of the molecule is CC(C)N(C)C(=O)c1ccc(Cl)nn1. The molecule has 1 aromatic heterocycles. The van der Waals surface area contributed by atoms with E-state index in [4.69, 9.17) is 11.6 Å². The van der Waals surface area contributed by atoms with Crippen LogP contribution in [0, 0.1) is 0 Å². The highest BCUT2D eigenvalue weighted by Crippen LogP contribution is 2.06. The Morgan fingerprint density at radius 1 is 1.43 bits per heavy atom. The van der Waals surface area contributed by atoms with E-state index >= 15 is 0 Å². The van der Waals surface area contributed by atoms with Crippen LogP contribution in [-0.2, 0) is 0 Å². The Hall–Kier alpha value is -1.16. The Bertz CT molecular complexity index is 323. The van der Waals surface area contributed by atoms with Crippen LogP contribution in [0.4, 0.5) is 0 Å². The predicted octanol–water partition coefficient (Wildman–Crippen LogP) is 1.61. The van der Waals surface area contributed by atoms with Crippen LogP contribution in [0.25, 0.3) is 0 Å². The van der Waals surface area contributed by atoms with Crippen LogP contribution in [0.15, 0.2) is 12.1 Å². The fraction of sp³-hybridized carbons (Fsp3) is 0.444. The van der Waals surface area contributed by atoms with Gasteiger partial charge in [0.1, 0.15) is 0 Å². The third-order valence-electron chi connectivity index (χ3n) is 1.95. The lowest BCUT2D eigenvalue weighted by molar-refractivity contribution is 0.0748. The van der Waals surface area contributed by atoms with E-state index < -0.39 is 0 Å². The van der Waals surface area contributed by atoms with Gasteiger partial charge in [-0.3, -0.25) is 4.79 Å². The lowest BCUT2D eigenvalue weighted by Gasteiger charge is -2.20. The standard InChI is InChI=1S/C9H12ClN3O/c1-6(2)13(3)9(14)7-4-5-8(10)12-11-7/h4-6H,1-3H3. The summed E-state index contributed by atoms with van der Waals surface area (Å²) in [7, 11) is 1.73. The molecule has 0 atom stereocenters. The van der Waals surface area contributed by atoms with Crippen molar-refractivity contribution in [3.8, 4) is 0 Å². The van der Waals surface area contributed by atoms with Gasteiger partial charge in [-0.15, -0.1) is 10.2 Å². The minimum absolute atomic E-state index is 0.139. The Morgan fingerprint density at radius 3 is 2.50 bits per heavy atom. The molecule has 1 heterocycles. The second kappa shape index (κ2) is 4.37. The van der Waals surface area contributed by atoms with E-state index in [1.807, 2.05) is 13.8 Å². The molecule has 0 aliphatic heterocycles. The van der Waals surface area contributed by atoms with Gasteiger partial charge in [0.05, 0.1) is 0 Å². The number of halogens is 1. The van der Waals surface area contributed by atoms with E-state index in [9.17, 15) is 4.79 Å². The Kier molecular flexibility index (Phi) is 3.41. The summed E-state index contributed by atoms with van der Waals surface area (Å²) >= 11 is 5.56. The van der Waals surface area contributed by atoms with Gasteiger partial charge in [0.2, 0.25) is 0 Å². The fourth-order valence-corrected chi connectivity index (χ4v) is 0.946. The zero-order valence-electron chi connectivity index (χ0n) is 8.36. The summed E-state index contributed by atoms with van der Waals surface area (Å²) in [6.07, 6.45) is 0. The summed E-state index contributed by atoms with van der Waals surface area (Å²) in [6, 6.07) is 3.26. The average molecular weight is 214 g/mol. The number of aromatic nitrogens is 2. The van der Waals surface area contributed by atoms with Gasteiger partial charge >= 0.3 is 0 Å². The molecule has 0 aromatic carbocycles. The number of hydrogen-bond donors (Lipinski definition) is 0. The highest BCUT2D eigenvalue weighted by molar-refractivity contribution is 6.29. The molecule has 76 valence electrons. The van der Waals surface area contributed by atoms with E-state index in [2.05, 4.69) is 10.2 Å². The van der Waals surface area contributed by atoms with E-state index in [0.717, 1.165) is 0 Å². The molecule has 0 radical (unpaired) electrons. The third kappa shape index (κ3) is 2.42. The highest BCUT2D eigenvalue weighted by atomic mass is 35.5. The van der Waals surface area contributed by atoms with Crippen molar-refractivity contribution in [3.63, 3.8) is 0 Å². The molecule has 1 aromatic rings. The molecule has 4 nitrogen and oxygen atoms in total. The molecule has 1 rings (SSSR count). The van der Waals surface area contributed by atoms with Gasteiger partial charge in [-0.1, -0.05) is 11.6 Å². The molecule has 5 heteroatoms. The van der Waals surface area contributed by atoms with Gasteiger partial charge in [-0.2, -0.15) is 0 Å². The molecule has 1 amide bonds. The van der Waals surface area contributed by atoms with Crippen LogP contribution < -0.4 is 0 Å². The largest absolute Gasteiger partial charge is 0.338 e. The van der Waals surface area contributed by atoms with E-state index in [-0.39, 0.29) is 17.1 Å². The van der Waals surface area contributed by atoms with E-state index in [1.54, 1.807) is 24.1 Å². The third-order valence-corrected chi connectivity index (χ3v) is 2.15. The molecule has 14 heavy (non-hydrogen) atoms. The number of carbonyl (C=O) groups is 1. The molecule has 0 fully saturated rings. The molecular weight excluding hydrogens is 202 g/mol. The van der Waals surface area contributed by atoms with Crippen molar-refractivity contribution in [3.05, 3.63) is 23.0 Å². The van der Waals surface area contributed by atoms with Gasteiger partial charge < -0.3 is 4.90 Å². The summed E-state index contributed by atoms with van der Waals surface area (Å²) in [5.41, 5.74) is 0.311. The van der Waals surface area contributed by atoms with Crippen molar-refractivity contribution in [2.45, 2.75) is 19.9 Å². The van der Waals surface area contributed by atoms with Crippen molar-refractivity contribution in [1.29, 1.82) is 0 Å². The maximum absolute atomic E-state index is 11.7. The smallest absolute Gasteiger partial charge is 0.274 e. The van der Waals surface area contributed by atoms with Crippen LogP contribution in [0.1, 0.15) is 24.3 Å². The highest BCUT2D eigenvalue weighted by Gasteiger charge is 2.15. The first-order valence-electron chi connectivity index (χ1n) is 4.28. The zero-order valence-corrected chi connectivity index (χ0v) is 9.12. The van der Waals surface area contributed by atoms with Crippen molar-refractivity contribution in [2.75, 3.05) is 7.05 Å². The number of nitrogens with zero attached hydrogens (tertiary/aromatic N) is 3.